The number of nitrogens with zero attached hydrogens (tertiary/aromatic N) is 2. The van der Waals surface area contributed by atoms with Crippen LogP contribution in [-0.4, -0.2) is 42.4 Å². The van der Waals surface area contributed by atoms with E-state index in [1.165, 1.54) is 0 Å². The van der Waals surface area contributed by atoms with E-state index in [1.807, 2.05) is 6.07 Å². The molecule has 3 rings (SSSR count). The minimum absolute atomic E-state index is 0.266. The van der Waals surface area contributed by atoms with Crippen LogP contribution in [0, 0.1) is 6.33 Å². The maximum Gasteiger partial charge on any atom is 0.198 e. The highest BCUT2D eigenvalue weighted by atomic mass is 16.5. The van der Waals surface area contributed by atoms with Crippen LogP contribution >= 0.6 is 0 Å². The maximum atomic E-state index is 5.58. The molecule has 1 aromatic rings. The molecule has 0 aliphatic carbocycles. The lowest BCUT2D eigenvalue weighted by Crippen LogP contribution is -2.64. The van der Waals surface area contributed by atoms with E-state index >= 15 is 0 Å². The van der Waals surface area contributed by atoms with Gasteiger partial charge in [-0.3, -0.25) is 5.32 Å². The number of hydrogen-bond acceptors (Lipinski definition) is 5. The van der Waals surface area contributed by atoms with Crippen LogP contribution < -0.4 is 5.32 Å². The van der Waals surface area contributed by atoms with Gasteiger partial charge in [-0.05, 0) is 6.07 Å². The van der Waals surface area contributed by atoms with Crippen molar-refractivity contribution in [3.63, 3.8) is 0 Å². The molecule has 0 unspecified atom stereocenters. The third kappa shape index (κ3) is 1.52. The Morgan fingerprint density at radius 3 is 2.87 bits per heavy atom. The van der Waals surface area contributed by atoms with E-state index in [4.69, 9.17) is 9.47 Å². The van der Waals surface area contributed by atoms with Gasteiger partial charge in [-0.2, -0.15) is 0 Å². The average Bonchev–Trinajstić information content (AvgIpc) is 2.30. The fourth-order valence-electron chi connectivity index (χ4n) is 2.15. The third-order valence-electron chi connectivity index (χ3n) is 2.84. The molecule has 2 bridgehead atoms. The van der Waals surface area contributed by atoms with Crippen LogP contribution in [0.1, 0.15) is 5.69 Å². The van der Waals surface area contributed by atoms with Crippen molar-refractivity contribution < 1.29 is 9.47 Å². The predicted octanol–water partition coefficient (Wildman–Crippen LogP) is -0.509. The first-order valence-electron chi connectivity index (χ1n) is 5.02. The first kappa shape index (κ1) is 9.21. The molecular weight excluding hydrogens is 194 g/mol. The van der Waals surface area contributed by atoms with Gasteiger partial charge < -0.3 is 9.47 Å². The molecule has 5 nitrogen and oxygen atoms in total. The average molecular weight is 206 g/mol. The Morgan fingerprint density at radius 1 is 1.40 bits per heavy atom. The summed E-state index contributed by atoms with van der Waals surface area (Å²) >= 11 is 0. The van der Waals surface area contributed by atoms with Crippen LogP contribution in [0.25, 0.3) is 0 Å². The number of hydrogen-bond donors (Lipinski definition) is 1. The van der Waals surface area contributed by atoms with Crippen LogP contribution in [0.3, 0.4) is 0 Å². The largest absolute Gasteiger partial charge is 0.377 e. The summed E-state index contributed by atoms with van der Waals surface area (Å²) in [6.07, 6.45) is 4.30. The van der Waals surface area contributed by atoms with Gasteiger partial charge >= 0.3 is 0 Å². The molecule has 5 heteroatoms. The molecular formula is C10H12N3O2. The molecule has 2 aliphatic heterocycles. The molecule has 2 saturated heterocycles. The van der Waals surface area contributed by atoms with Gasteiger partial charge in [0.1, 0.15) is 5.54 Å². The fraction of sp³-hybridized carbons (Fsp3) is 0.600. The van der Waals surface area contributed by atoms with Crippen molar-refractivity contribution in [2.45, 2.75) is 11.6 Å². The molecule has 1 aromatic heterocycles. The molecule has 0 aromatic carbocycles. The lowest BCUT2D eigenvalue weighted by molar-refractivity contribution is -0.106. The van der Waals surface area contributed by atoms with Crippen LogP contribution in [0.2, 0.25) is 0 Å². The van der Waals surface area contributed by atoms with E-state index in [0.29, 0.717) is 26.4 Å². The van der Waals surface area contributed by atoms with Crippen molar-refractivity contribution in [3.8, 4) is 0 Å². The van der Waals surface area contributed by atoms with Crippen LogP contribution in [-0.2, 0) is 15.0 Å². The second kappa shape index (κ2) is 3.52. The van der Waals surface area contributed by atoms with Crippen LogP contribution in [0.15, 0.2) is 12.3 Å². The zero-order chi connectivity index (χ0) is 10.1. The highest BCUT2D eigenvalue weighted by molar-refractivity contribution is 5.16. The van der Waals surface area contributed by atoms with Gasteiger partial charge in [-0.15, -0.1) is 0 Å². The Kier molecular flexibility index (Phi) is 2.16. The molecule has 0 spiro atoms. The van der Waals surface area contributed by atoms with E-state index < -0.39 is 0 Å². The van der Waals surface area contributed by atoms with Crippen LogP contribution in [0.5, 0.6) is 0 Å². The van der Waals surface area contributed by atoms with Gasteiger partial charge in [0.25, 0.3) is 0 Å². The van der Waals surface area contributed by atoms with Gasteiger partial charge in [0.05, 0.1) is 38.2 Å². The SMILES string of the molecule is [c]1nccc(C23COCC(COC2)N3)n1. The lowest BCUT2D eigenvalue weighted by Gasteiger charge is -2.45. The molecule has 79 valence electrons. The summed E-state index contributed by atoms with van der Waals surface area (Å²) in [7, 11) is 0. The minimum atomic E-state index is -0.305. The minimum Gasteiger partial charge on any atom is -0.377 e. The van der Waals surface area contributed by atoms with E-state index in [1.54, 1.807) is 6.20 Å². The van der Waals surface area contributed by atoms with Crippen molar-refractivity contribution in [1.29, 1.82) is 0 Å². The Balaban J connectivity index is 1.95. The van der Waals surface area contributed by atoms with E-state index in [2.05, 4.69) is 21.6 Å². The summed E-state index contributed by atoms with van der Waals surface area (Å²) in [6.45, 7) is 2.59. The summed E-state index contributed by atoms with van der Waals surface area (Å²) in [4.78, 5) is 7.95. The van der Waals surface area contributed by atoms with Crippen LogP contribution in [0.4, 0.5) is 0 Å². The van der Waals surface area contributed by atoms with E-state index in [-0.39, 0.29) is 11.6 Å². The van der Waals surface area contributed by atoms with Gasteiger partial charge in [-0.1, -0.05) is 0 Å². The summed E-state index contributed by atoms with van der Waals surface area (Å²) in [5.74, 6) is 0. The topological polar surface area (TPSA) is 56.3 Å². The quantitative estimate of drug-likeness (QED) is 0.670. The Bertz CT molecular complexity index is 334. The summed E-state index contributed by atoms with van der Waals surface area (Å²) in [5.41, 5.74) is 0.586. The molecule has 2 fully saturated rings. The van der Waals surface area contributed by atoms with Crippen molar-refractivity contribution >= 4 is 0 Å². The number of aromatic nitrogens is 2. The monoisotopic (exact) mass is 206 g/mol. The van der Waals surface area contributed by atoms with Gasteiger partial charge in [0, 0.05) is 6.20 Å². The molecule has 1 N–H and O–H groups in total. The highest BCUT2D eigenvalue weighted by Gasteiger charge is 2.42. The molecule has 0 saturated carbocycles. The number of fused-ring (bicyclic) bond motifs is 2. The van der Waals surface area contributed by atoms with Gasteiger partial charge in [0.2, 0.25) is 0 Å². The summed E-state index contributed by atoms with van der Waals surface area (Å²) in [5, 5.41) is 3.52. The van der Waals surface area contributed by atoms with Gasteiger partial charge in [0.15, 0.2) is 6.33 Å². The normalized spacial score (nSPS) is 35.1. The standard InChI is InChI=1S/C10H12N3O2/c1-2-11-7-12-9(1)10-5-14-3-8(13-10)4-15-6-10/h1-2,8,13H,3-6H2. The molecule has 0 atom stereocenters. The smallest absolute Gasteiger partial charge is 0.198 e. The van der Waals surface area contributed by atoms with Crippen molar-refractivity contribution in [2.75, 3.05) is 26.4 Å². The lowest BCUT2D eigenvalue weighted by atomic mass is 9.92. The number of ether oxygens (including phenoxy) is 2. The Labute approximate surface area is 87.8 Å². The van der Waals surface area contributed by atoms with Gasteiger partial charge in [-0.25, -0.2) is 9.97 Å². The summed E-state index contributed by atoms with van der Waals surface area (Å²) in [6, 6.07) is 2.15. The summed E-state index contributed by atoms with van der Waals surface area (Å²) < 4.78 is 11.2. The molecule has 15 heavy (non-hydrogen) atoms. The molecule has 0 amide bonds. The predicted molar refractivity (Wildman–Crippen MR) is 51.1 cm³/mol. The van der Waals surface area contributed by atoms with E-state index in [9.17, 15) is 0 Å². The molecule has 1 radical (unpaired) electrons. The number of nitrogens with one attached hydrogen (secondary N) is 1. The maximum absolute atomic E-state index is 5.58. The van der Waals surface area contributed by atoms with Crippen molar-refractivity contribution in [2.24, 2.45) is 0 Å². The third-order valence-corrected chi connectivity index (χ3v) is 2.84. The highest BCUT2D eigenvalue weighted by Crippen LogP contribution is 2.27. The molecule has 2 aliphatic rings. The fourth-order valence-corrected chi connectivity index (χ4v) is 2.15. The number of morpholine rings is 2. The first-order valence-corrected chi connectivity index (χ1v) is 5.02. The number of rotatable bonds is 1. The van der Waals surface area contributed by atoms with Crippen molar-refractivity contribution in [1.82, 2.24) is 15.3 Å². The van der Waals surface area contributed by atoms with Crippen molar-refractivity contribution in [3.05, 3.63) is 24.3 Å². The zero-order valence-corrected chi connectivity index (χ0v) is 8.27. The second-order valence-corrected chi connectivity index (χ2v) is 4.00. The second-order valence-electron chi connectivity index (χ2n) is 4.00. The van der Waals surface area contributed by atoms with E-state index in [0.717, 1.165) is 5.69 Å². The Hall–Kier alpha value is -1.04. The first-order chi connectivity index (χ1) is 7.39. The zero-order valence-electron chi connectivity index (χ0n) is 8.27. The molecule has 3 heterocycles. The Morgan fingerprint density at radius 2 is 2.20 bits per heavy atom.